The summed E-state index contributed by atoms with van der Waals surface area (Å²) < 4.78 is 16.3. The van der Waals surface area contributed by atoms with Gasteiger partial charge in [-0.1, -0.05) is 30.3 Å². The fraction of sp³-hybridized carbons (Fsp3) is 0.458. The normalized spacial score (nSPS) is 16.4. The SMILES string of the molecule is COc1cc(CC2CN(C(=O)OCc3ccccc3)CCN2C(=O)OC(C)(C)C)ccn1. The first-order valence-electron chi connectivity index (χ1n) is 10.7. The summed E-state index contributed by atoms with van der Waals surface area (Å²) in [7, 11) is 1.56. The molecule has 32 heavy (non-hydrogen) atoms. The second-order valence-corrected chi connectivity index (χ2v) is 8.72. The van der Waals surface area contributed by atoms with Crippen LogP contribution in [-0.4, -0.2) is 65.4 Å². The summed E-state index contributed by atoms with van der Waals surface area (Å²) >= 11 is 0. The van der Waals surface area contributed by atoms with Crippen LogP contribution in [0.2, 0.25) is 0 Å². The summed E-state index contributed by atoms with van der Waals surface area (Å²) in [6.45, 7) is 6.81. The second-order valence-electron chi connectivity index (χ2n) is 8.72. The summed E-state index contributed by atoms with van der Waals surface area (Å²) in [6, 6.07) is 13.0. The average molecular weight is 442 g/mol. The molecular formula is C24H31N3O5. The molecular weight excluding hydrogens is 410 g/mol. The third-order valence-electron chi connectivity index (χ3n) is 5.05. The Morgan fingerprint density at radius 2 is 1.81 bits per heavy atom. The number of aromatic nitrogens is 1. The second kappa shape index (κ2) is 10.3. The van der Waals surface area contributed by atoms with Crippen LogP contribution in [0.15, 0.2) is 48.7 Å². The van der Waals surface area contributed by atoms with E-state index in [9.17, 15) is 9.59 Å². The van der Waals surface area contributed by atoms with E-state index in [0.717, 1.165) is 11.1 Å². The van der Waals surface area contributed by atoms with Crippen molar-refractivity contribution >= 4 is 12.2 Å². The minimum Gasteiger partial charge on any atom is -0.481 e. The van der Waals surface area contributed by atoms with E-state index in [2.05, 4.69) is 4.98 Å². The van der Waals surface area contributed by atoms with E-state index in [1.54, 1.807) is 23.1 Å². The van der Waals surface area contributed by atoms with E-state index in [1.807, 2.05) is 63.2 Å². The molecule has 3 rings (SSSR count). The maximum Gasteiger partial charge on any atom is 0.410 e. The molecule has 1 atom stereocenters. The van der Waals surface area contributed by atoms with Crippen LogP contribution >= 0.6 is 0 Å². The molecule has 1 fully saturated rings. The molecule has 1 aliphatic heterocycles. The van der Waals surface area contributed by atoms with Crippen molar-refractivity contribution in [1.82, 2.24) is 14.8 Å². The van der Waals surface area contributed by atoms with Gasteiger partial charge in [0, 0.05) is 31.9 Å². The molecule has 8 heteroatoms. The molecule has 1 aliphatic rings. The molecule has 2 aromatic rings. The summed E-state index contributed by atoms with van der Waals surface area (Å²) in [5.41, 5.74) is 1.27. The average Bonchev–Trinajstić information content (AvgIpc) is 2.77. The van der Waals surface area contributed by atoms with E-state index in [0.29, 0.717) is 31.9 Å². The molecule has 0 aliphatic carbocycles. The predicted octanol–water partition coefficient (Wildman–Crippen LogP) is 3.89. The van der Waals surface area contributed by atoms with Gasteiger partial charge in [0.1, 0.15) is 12.2 Å². The Bertz CT molecular complexity index is 913. The third-order valence-corrected chi connectivity index (χ3v) is 5.05. The largest absolute Gasteiger partial charge is 0.481 e. The molecule has 0 saturated carbocycles. The summed E-state index contributed by atoms with van der Waals surface area (Å²) in [4.78, 5) is 33.0. The van der Waals surface area contributed by atoms with Crippen molar-refractivity contribution in [3.05, 3.63) is 59.8 Å². The van der Waals surface area contributed by atoms with Gasteiger partial charge >= 0.3 is 12.2 Å². The van der Waals surface area contributed by atoms with Crippen LogP contribution in [-0.2, 0) is 22.5 Å². The number of amides is 2. The van der Waals surface area contributed by atoms with Gasteiger partial charge in [0.2, 0.25) is 5.88 Å². The van der Waals surface area contributed by atoms with Crippen molar-refractivity contribution in [3.8, 4) is 5.88 Å². The van der Waals surface area contributed by atoms with Crippen molar-refractivity contribution in [1.29, 1.82) is 0 Å². The lowest BCUT2D eigenvalue weighted by Crippen LogP contribution is -2.58. The minimum absolute atomic E-state index is 0.207. The topological polar surface area (TPSA) is 81.2 Å². The Morgan fingerprint density at radius 1 is 1.06 bits per heavy atom. The van der Waals surface area contributed by atoms with Crippen molar-refractivity contribution in [2.45, 2.75) is 45.4 Å². The number of pyridine rings is 1. The highest BCUT2D eigenvalue weighted by Crippen LogP contribution is 2.21. The molecule has 0 radical (unpaired) electrons. The molecule has 8 nitrogen and oxygen atoms in total. The standard InChI is InChI=1S/C24H31N3O5/c1-24(2,3)32-23(29)27-13-12-26(22(28)31-17-18-8-6-5-7-9-18)16-20(27)14-19-10-11-25-21(15-19)30-4/h5-11,15,20H,12-14,16-17H2,1-4H3. The number of rotatable bonds is 5. The predicted molar refractivity (Wildman–Crippen MR) is 119 cm³/mol. The van der Waals surface area contributed by atoms with Crippen LogP contribution < -0.4 is 4.74 Å². The Morgan fingerprint density at radius 3 is 2.50 bits per heavy atom. The first-order chi connectivity index (χ1) is 15.2. The zero-order valence-electron chi connectivity index (χ0n) is 19.1. The van der Waals surface area contributed by atoms with Gasteiger partial charge in [0.25, 0.3) is 0 Å². The highest BCUT2D eigenvalue weighted by Gasteiger charge is 2.35. The van der Waals surface area contributed by atoms with Gasteiger partial charge in [0.05, 0.1) is 13.2 Å². The fourth-order valence-electron chi connectivity index (χ4n) is 3.53. The number of hydrogen-bond acceptors (Lipinski definition) is 6. The summed E-state index contributed by atoms with van der Waals surface area (Å²) in [5.74, 6) is 0.501. The molecule has 172 valence electrons. The van der Waals surface area contributed by atoms with E-state index in [1.165, 1.54) is 0 Å². The van der Waals surface area contributed by atoms with Crippen molar-refractivity contribution in [2.24, 2.45) is 0 Å². The number of methoxy groups -OCH3 is 1. The quantitative estimate of drug-likeness (QED) is 0.700. The Hall–Kier alpha value is -3.29. The monoisotopic (exact) mass is 441 g/mol. The van der Waals surface area contributed by atoms with Crippen LogP contribution in [0, 0.1) is 0 Å². The fourth-order valence-corrected chi connectivity index (χ4v) is 3.53. The van der Waals surface area contributed by atoms with Gasteiger partial charge < -0.3 is 24.0 Å². The van der Waals surface area contributed by atoms with Crippen molar-refractivity contribution in [3.63, 3.8) is 0 Å². The van der Waals surface area contributed by atoms with E-state index >= 15 is 0 Å². The lowest BCUT2D eigenvalue weighted by atomic mass is 10.0. The molecule has 2 heterocycles. The van der Waals surface area contributed by atoms with Gasteiger partial charge in [-0.3, -0.25) is 0 Å². The van der Waals surface area contributed by atoms with Crippen molar-refractivity contribution < 1.29 is 23.8 Å². The number of ether oxygens (including phenoxy) is 3. The van der Waals surface area contributed by atoms with Crippen LogP contribution in [0.25, 0.3) is 0 Å². The van der Waals surface area contributed by atoms with Crippen molar-refractivity contribution in [2.75, 3.05) is 26.7 Å². The first kappa shape index (κ1) is 23.4. The Kier molecular flexibility index (Phi) is 7.56. The smallest absolute Gasteiger partial charge is 0.410 e. The maximum absolute atomic E-state index is 12.9. The highest BCUT2D eigenvalue weighted by atomic mass is 16.6. The van der Waals surface area contributed by atoms with Crippen LogP contribution in [0.4, 0.5) is 9.59 Å². The lowest BCUT2D eigenvalue weighted by molar-refractivity contribution is -0.00305. The zero-order chi connectivity index (χ0) is 23.1. The van der Waals surface area contributed by atoms with E-state index < -0.39 is 11.7 Å². The highest BCUT2D eigenvalue weighted by molar-refractivity contribution is 5.71. The van der Waals surface area contributed by atoms with Gasteiger partial charge in [0.15, 0.2) is 0 Å². The molecule has 0 bridgehead atoms. The first-order valence-corrected chi connectivity index (χ1v) is 10.7. The number of nitrogens with zero attached hydrogens (tertiary/aromatic N) is 3. The number of piperazine rings is 1. The number of benzene rings is 1. The van der Waals surface area contributed by atoms with Gasteiger partial charge in [-0.05, 0) is 44.4 Å². The van der Waals surface area contributed by atoms with Crippen LogP contribution in [0.3, 0.4) is 0 Å². The van der Waals surface area contributed by atoms with Gasteiger partial charge in [-0.25, -0.2) is 14.6 Å². The van der Waals surface area contributed by atoms with Crippen LogP contribution in [0.5, 0.6) is 5.88 Å². The summed E-state index contributed by atoms with van der Waals surface area (Å²) in [5, 5.41) is 0. The molecule has 1 saturated heterocycles. The van der Waals surface area contributed by atoms with Crippen LogP contribution in [0.1, 0.15) is 31.9 Å². The lowest BCUT2D eigenvalue weighted by Gasteiger charge is -2.41. The molecule has 1 aromatic carbocycles. The number of carbonyl (C=O) groups is 2. The number of carbonyl (C=O) groups excluding carboxylic acids is 2. The molecule has 0 spiro atoms. The van der Waals surface area contributed by atoms with Gasteiger partial charge in [-0.2, -0.15) is 0 Å². The van der Waals surface area contributed by atoms with E-state index in [-0.39, 0.29) is 18.7 Å². The molecule has 0 N–H and O–H groups in total. The minimum atomic E-state index is -0.604. The third kappa shape index (κ3) is 6.60. The zero-order valence-corrected chi connectivity index (χ0v) is 19.1. The summed E-state index contributed by atoms with van der Waals surface area (Å²) in [6.07, 6.45) is 1.41. The Labute approximate surface area is 189 Å². The molecule has 2 amide bonds. The number of hydrogen-bond donors (Lipinski definition) is 0. The molecule has 1 aromatic heterocycles. The maximum atomic E-state index is 12.9. The molecule has 1 unspecified atom stereocenters. The van der Waals surface area contributed by atoms with E-state index in [4.69, 9.17) is 14.2 Å². The Balaban J connectivity index is 1.71. The van der Waals surface area contributed by atoms with Gasteiger partial charge in [-0.15, -0.1) is 0 Å².